The molecule has 1 fully saturated rings. The van der Waals surface area contributed by atoms with Gasteiger partial charge in [-0.2, -0.15) is 0 Å². The van der Waals surface area contributed by atoms with Crippen molar-refractivity contribution < 1.29 is 9.53 Å². The second-order valence-corrected chi connectivity index (χ2v) is 6.30. The number of hydrogen-bond donors (Lipinski definition) is 0. The van der Waals surface area contributed by atoms with Gasteiger partial charge in [-0.25, -0.2) is 14.8 Å². The summed E-state index contributed by atoms with van der Waals surface area (Å²) in [5.74, 6) is 1.24. The van der Waals surface area contributed by atoms with Crippen LogP contribution in [0, 0.1) is 6.92 Å². The zero-order valence-electron chi connectivity index (χ0n) is 12.7. The molecule has 1 aromatic heterocycles. The molecule has 5 nitrogen and oxygen atoms in total. The minimum absolute atomic E-state index is 0.221. The van der Waals surface area contributed by atoms with Crippen LogP contribution < -0.4 is 0 Å². The van der Waals surface area contributed by atoms with Gasteiger partial charge in [-0.3, -0.25) is 0 Å². The average Bonchev–Trinajstić information content (AvgIpc) is 2.37. The van der Waals surface area contributed by atoms with E-state index in [4.69, 9.17) is 4.74 Å². The summed E-state index contributed by atoms with van der Waals surface area (Å²) in [6.07, 6.45) is 3.37. The van der Waals surface area contributed by atoms with Gasteiger partial charge in [0.1, 0.15) is 11.4 Å². The molecule has 5 heteroatoms. The summed E-state index contributed by atoms with van der Waals surface area (Å²) in [5, 5.41) is 0. The Bertz CT molecular complexity index is 474. The number of aromatic nitrogens is 2. The number of carbonyl (C=O) groups is 1. The first-order valence-corrected chi connectivity index (χ1v) is 7.12. The van der Waals surface area contributed by atoms with E-state index < -0.39 is 5.60 Å². The minimum atomic E-state index is -0.437. The van der Waals surface area contributed by atoms with Crippen molar-refractivity contribution in [1.82, 2.24) is 14.9 Å². The maximum atomic E-state index is 12.0. The first kappa shape index (κ1) is 14.8. The van der Waals surface area contributed by atoms with Crippen LogP contribution in [-0.2, 0) is 4.74 Å². The lowest BCUT2D eigenvalue weighted by Crippen LogP contribution is -2.41. The van der Waals surface area contributed by atoms with E-state index in [9.17, 15) is 4.79 Å². The van der Waals surface area contributed by atoms with E-state index in [2.05, 4.69) is 9.97 Å². The van der Waals surface area contributed by atoms with E-state index in [1.165, 1.54) is 0 Å². The van der Waals surface area contributed by atoms with Gasteiger partial charge >= 0.3 is 6.09 Å². The maximum Gasteiger partial charge on any atom is 0.410 e. The summed E-state index contributed by atoms with van der Waals surface area (Å²) >= 11 is 0. The lowest BCUT2D eigenvalue weighted by atomic mass is 9.96. The quantitative estimate of drug-likeness (QED) is 0.792. The molecule has 1 aliphatic heterocycles. The van der Waals surface area contributed by atoms with Crippen LogP contribution in [0.15, 0.2) is 12.3 Å². The molecule has 0 N–H and O–H groups in total. The summed E-state index contributed by atoms with van der Waals surface area (Å²) < 4.78 is 5.39. The molecule has 0 bridgehead atoms. The molecule has 20 heavy (non-hydrogen) atoms. The Morgan fingerprint density at radius 2 is 2.00 bits per heavy atom. The van der Waals surface area contributed by atoms with Gasteiger partial charge in [-0.15, -0.1) is 0 Å². The SMILES string of the molecule is Cc1ccnc(C2CCN(C(=O)OC(C)(C)C)CC2)n1. The fraction of sp³-hybridized carbons (Fsp3) is 0.667. The maximum absolute atomic E-state index is 12.0. The smallest absolute Gasteiger partial charge is 0.410 e. The van der Waals surface area contributed by atoms with Crippen LogP contribution in [0.25, 0.3) is 0 Å². The molecule has 1 amide bonds. The van der Waals surface area contributed by atoms with E-state index in [1.54, 1.807) is 11.1 Å². The summed E-state index contributed by atoms with van der Waals surface area (Å²) in [7, 11) is 0. The highest BCUT2D eigenvalue weighted by Crippen LogP contribution is 2.26. The summed E-state index contributed by atoms with van der Waals surface area (Å²) in [5.41, 5.74) is 0.553. The highest BCUT2D eigenvalue weighted by Gasteiger charge is 2.28. The molecule has 0 aromatic carbocycles. The summed E-state index contributed by atoms with van der Waals surface area (Å²) in [6.45, 7) is 9.05. The van der Waals surface area contributed by atoms with Crippen molar-refractivity contribution in [2.24, 2.45) is 0 Å². The Hall–Kier alpha value is -1.65. The van der Waals surface area contributed by atoms with Gasteiger partial charge < -0.3 is 9.64 Å². The molecule has 1 aromatic rings. The highest BCUT2D eigenvalue weighted by molar-refractivity contribution is 5.68. The first-order valence-electron chi connectivity index (χ1n) is 7.12. The van der Waals surface area contributed by atoms with Gasteiger partial charge in [-0.05, 0) is 46.6 Å². The molecule has 1 aliphatic rings. The van der Waals surface area contributed by atoms with Crippen molar-refractivity contribution in [3.05, 3.63) is 23.8 Å². The van der Waals surface area contributed by atoms with Crippen LogP contribution in [0.2, 0.25) is 0 Å². The highest BCUT2D eigenvalue weighted by atomic mass is 16.6. The molecular formula is C15H23N3O2. The largest absolute Gasteiger partial charge is 0.444 e. The minimum Gasteiger partial charge on any atom is -0.444 e. The Kier molecular flexibility index (Phi) is 4.26. The molecule has 0 spiro atoms. The van der Waals surface area contributed by atoms with Crippen LogP contribution >= 0.6 is 0 Å². The number of nitrogens with zero attached hydrogens (tertiary/aromatic N) is 3. The van der Waals surface area contributed by atoms with Crippen molar-refractivity contribution in [3.63, 3.8) is 0 Å². The molecule has 0 radical (unpaired) electrons. The molecule has 0 aliphatic carbocycles. The molecule has 2 rings (SSSR count). The number of ether oxygens (including phenoxy) is 1. The zero-order valence-corrected chi connectivity index (χ0v) is 12.7. The number of rotatable bonds is 1. The Morgan fingerprint density at radius 1 is 1.35 bits per heavy atom. The van der Waals surface area contributed by atoms with E-state index in [0.717, 1.165) is 24.4 Å². The van der Waals surface area contributed by atoms with Crippen molar-refractivity contribution in [1.29, 1.82) is 0 Å². The Balaban J connectivity index is 1.91. The summed E-state index contributed by atoms with van der Waals surface area (Å²) in [6, 6.07) is 1.90. The van der Waals surface area contributed by atoms with Gasteiger partial charge in [0.2, 0.25) is 0 Å². The molecule has 0 unspecified atom stereocenters. The number of likely N-dealkylation sites (tertiary alicyclic amines) is 1. The number of piperidine rings is 1. The van der Waals surface area contributed by atoms with Crippen LogP contribution in [-0.4, -0.2) is 39.7 Å². The van der Waals surface area contributed by atoms with Crippen LogP contribution in [0.5, 0.6) is 0 Å². The zero-order chi connectivity index (χ0) is 14.8. The molecule has 1 saturated heterocycles. The molecule has 2 heterocycles. The summed E-state index contributed by atoms with van der Waals surface area (Å²) in [4.78, 5) is 22.6. The number of hydrogen-bond acceptors (Lipinski definition) is 4. The average molecular weight is 277 g/mol. The first-order chi connectivity index (χ1) is 9.35. The monoisotopic (exact) mass is 277 g/mol. The topological polar surface area (TPSA) is 55.3 Å². The van der Waals surface area contributed by atoms with E-state index >= 15 is 0 Å². The van der Waals surface area contributed by atoms with E-state index in [0.29, 0.717) is 19.0 Å². The Labute approximate surface area is 120 Å². The fourth-order valence-electron chi connectivity index (χ4n) is 2.31. The van der Waals surface area contributed by atoms with Crippen LogP contribution in [0.3, 0.4) is 0 Å². The van der Waals surface area contributed by atoms with Crippen molar-refractivity contribution in [3.8, 4) is 0 Å². The lowest BCUT2D eigenvalue weighted by Gasteiger charge is -2.32. The standard InChI is InChI=1S/C15H23N3O2/c1-11-5-8-16-13(17-11)12-6-9-18(10-7-12)14(19)20-15(2,3)4/h5,8,12H,6-7,9-10H2,1-4H3. The number of amides is 1. The van der Waals surface area contributed by atoms with Gasteiger partial charge in [-0.1, -0.05) is 0 Å². The third-order valence-electron chi connectivity index (χ3n) is 3.33. The normalized spacial score (nSPS) is 17.1. The second-order valence-electron chi connectivity index (χ2n) is 6.30. The van der Waals surface area contributed by atoms with Crippen LogP contribution in [0.4, 0.5) is 4.79 Å². The molecule has 0 atom stereocenters. The number of carbonyl (C=O) groups excluding carboxylic acids is 1. The van der Waals surface area contributed by atoms with E-state index in [1.807, 2.05) is 33.8 Å². The number of aryl methyl sites for hydroxylation is 1. The van der Waals surface area contributed by atoms with Gasteiger partial charge in [0, 0.05) is 30.9 Å². The predicted octanol–water partition coefficient (Wildman–Crippen LogP) is 2.90. The second kappa shape index (κ2) is 5.77. The molecular weight excluding hydrogens is 254 g/mol. The van der Waals surface area contributed by atoms with Crippen LogP contribution in [0.1, 0.15) is 51.0 Å². The Morgan fingerprint density at radius 3 is 2.55 bits per heavy atom. The van der Waals surface area contributed by atoms with Gasteiger partial charge in [0.15, 0.2) is 0 Å². The van der Waals surface area contributed by atoms with Crippen molar-refractivity contribution >= 4 is 6.09 Å². The van der Waals surface area contributed by atoms with E-state index in [-0.39, 0.29) is 6.09 Å². The third-order valence-corrected chi connectivity index (χ3v) is 3.33. The van der Waals surface area contributed by atoms with Gasteiger partial charge in [0.05, 0.1) is 0 Å². The van der Waals surface area contributed by atoms with Crippen molar-refractivity contribution in [2.75, 3.05) is 13.1 Å². The fourth-order valence-corrected chi connectivity index (χ4v) is 2.31. The molecule has 110 valence electrons. The van der Waals surface area contributed by atoms with Crippen molar-refractivity contribution in [2.45, 2.75) is 52.1 Å². The lowest BCUT2D eigenvalue weighted by molar-refractivity contribution is 0.0203. The van der Waals surface area contributed by atoms with Gasteiger partial charge in [0.25, 0.3) is 0 Å². The third kappa shape index (κ3) is 3.92. The molecule has 0 saturated carbocycles. The predicted molar refractivity (Wildman–Crippen MR) is 76.6 cm³/mol.